The summed E-state index contributed by atoms with van der Waals surface area (Å²) in [5.74, 6) is -0.560. The highest BCUT2D eigenvalue weighted by atomic mass is 16.5. The second-order valence-corrected chi connectivity index (χ2v) is 8.08. The molecule has 178 valence electrons. The van der Waals surface area contributed by atoms with Gasteiger partial charge in [0.05, 0.1) is 6.61 Å². The molecule has 1 amide bonds. The van der Waals surface area contributed by atoms with E-state index in [1.165, 1.54) is 11.6 Å². The van der Waals surface area contributed by atoms with Crippen LogP contribution in [0.15, 0.2) is 77.6 Å². The zero-order valence-corrected chi connectivity index (χ0v) is 19.8. The Balaban J connectivity index is 1.62. The molecule has 7 heteroatoms. The van der Waals surface area contributed by atoms with Crippen LogP contribution < -0.4 is 15.6 Å². The number of fused-ring (bicyclic) bond motifs is 1. The summed E-state index contributed by atoms with van der Waals surface area (Å²) in [5.41, 5.74) is 2.74. The number of nitrogens with zero attached hydrogens (tertiary/aromatic N) is 1. The molecule has 0 aliphatic rings. The average molecular weight is 471 g/mol. The first kappa shape index (κ1) is 23.8. The summed E-state index contributed by atoms with van der Waals surface area (Å²) in [7, 11) is 1.53. The number of amides is 1. The van der Waals surface area contributed by atoms with Gasteiger partial charge in [-0.05, 0) is 55.1 Å². The highest BCUT2D eigenvalue weighted by Gasteiger charge is 2.23. The minimum absolute atomic E-state index is 0.0893. The molecule has 0 bridgehead atoms. The van der Waals surface area contributed by atoms with Crippen molar-refractivity contribution in [2.45, 2.75) is 13.8 Å². The lowest BCUT2D eigenvalue weighted by Gasteiger charge is -2.17. The molecule has 7 nitrogen and oxygen atoms in total. The normalized spacial score (nSPS) is 10.7. The van der Waals surface area contributed by atoms with Gasteiger partial charge in [0.1, 0.15) is 11.4 Å². The molecule has 0 unspecified atom stereocenters. The number of hydrogen-bond donors (Lipinski definition) is 1. The smallest absolute Gasteiger partial charge is 0.356 e. The van der Waals surface area contributed by atoms with E-state index in [1.54, 1.807) is 42.5 Å². The molecule has 35 heavy (non-hydrogen) atoms. The lowest BCUT2D eigenvalue weighted by molar-refractivity contribution is -0.119. The number of nitrogens with one attached hydrogen (secondary N) is 1. The van der Waals surface area contributed by atoms with Crippen LogP contribution in [0.1, 0.15) is 23.0 Å². The number of hydrogen-bond acceptors (Lipinski definition) is 5. The Bertz CT molecular complexity index is 1440. The van der Waals surface area contributed by atoms with E-state index in [1.807, 2.05) is 44.2 Å². The summed E-state index contributed by atoms with van der Waals surface area (Å²) in [4.78, 5) is 38.7. The van der Waals surface area contributed by atoms with Crippen molar-refractivity contribution in [1.29, 1.82) is 0 Å². The number of ether oxygens (including phenoxy) is 2. The average Bonchev–Trinajstić information content (AvgIpc) is 2.86. The first-order chi connectivity index (χ1) is 16.9. The number of aromatic nitrogens is 1. The SMILES string of the molecule is CCOc1ccc(NC(=O)COC(=O)c2c(-c3ccc(C)cc3)c3ccccc3c(=O)n2C)cc1. The molecular formula is C28H26N2O5. The molecule has 0 saturated carbocycles. The number of benzene rings is 3. The van der Waals surface area contributed by atoms with Crippen LogP contribution >= 0.6 is 0 Å². The van der Waals surface area contributed by atoms with Gasteiger partial charge in [0.25, 0.3) is 11.5 Å². The van der Waals surface area contributed by atoms with Crippen LogP contribution in [0.3, 0.4) is 0 Å². The molecule has 4 rings (SSSR count). The van der Waals surface area contributed by atoms with Gasteiger partial charge in [0.2, 0.25) is 0 Å². The molecule has 4 aromatic rings. The van der Waals surface area contributed by atoms with Crippen LogP contribution in [-0.4, -0.2) is 29.7 Å². The molecule has 3 aromatic carbocycles. The van der Waals surface area contributed by atoms with Crippen LogP contribution in [0.4, 0.5) is 5.69 Å². The lowest BCUT2D eigenvalue weighted by Crippen LogP contribution is -2.28. The molecular weight excluding hydrogens is 444 g/mol. The molecule has 0 aliphatic carbocycles. The van der Waals surface area contributed by atoms with Gasteiger partial charge in [-0.2, -0.15) is 0 Å². The standard InChI is InChI=1S/C28H26N2O5/c1-4-34-21-15-13-20(14-16-21)29-24(31)17-35-28(33)26-25(19-11-9-18(2)10-12-19)22-7-5-6-8-23(22)27(32)30(26)3/h5-16H,4,17H2,1-3H3,(H,29,31). The molecule has 0 atom stereocenters. The van der Waals surface area contributed by atoms with E-state index in [2.05, 4.69) is 5.32 Å². The van der Waals surface area contributed by atoms with E-state index in [0.717, 1.165) is 11.1 Å². The van der Waals surface area contributed by atoms with Crippen LogP contribution in [-0.2, 0) is 16.6 Å². The second kappa shape index (κ2) is 10.3. The Morgan fingerprint density at radius 1 is 0.914 bits per heavy atom. The Labute approximate surface area is 202 Å². The quantitative estimate of drug-likeness (QED) is 0.396. The highest BCUT2D eigenvalue weighted by molar-refractivity contribution is 6.07. The number of anilines is 1. The Kier molecular flexibility index (Phi) is 6.96. The molecule has 1 aromatic heterocycles. The van der Waals surface area contributed by atoms with Gasteiger partial charge < -0.3 is 19.4 Å². The minimum Gasteiger partial charge on any atom is -0.494 e. The van der Waals surface area contributed by atoms with E-state index in [4.69, 9.17) is 9.47 Å². The third-order valence-corrected chi connectivity index (χ3v) is 5.62. The Morgan fingerprint density at radius 3 is 2.23 bits per heavy atom. The van der Waals surface area contributed by atoms with Crippen molar-refractivity contribution in [3.63, 3.8) is 0 Å². The van der Waals surface area contributed by atoms with Crippen molar-refractivity contribution in [2.75, 3.05) is 18.5 Å². The van der Waals surface area contributed by atoms with Crippen LogP contribution in [0.5, 0.6) is 5.75 Å². The largest absolute Gasteiger partial charge is 0.494 e. The maximum atomic E-state index is 13.2. The number of pyridine rings is 1. The minimum atomic E-state index is -0.757. The highest BCUT2D eigenvalue weighted by Crippen LogP contribution is 2.31. The number of esters is 1. The van der Waals surface area contributed by atoms with Crippen LogP contribution in [0, 0.1) is 6.92 Å². The monoisotopic (exact) mass is 470 g/mol. The van der Waals surface area contributed by atoms with Gasteiger partial charge in [0, 0.05) is 23.7 Å². The van der Waals surface area contributed by atoms with Crippen molar-refractivity contribution >= 4 is 28.3 Å². The third-order valence-electron chi connectivity index (χ3n) is 5.62. The number of carbonyl (C=O) groups excluding carboxylic acids is 2. The van der Waals surface area contributed by atoms with Gasteiger partial charge >= 0.3 is 5.97 Å². The first-order valence-electron chi connectivity index (χ1n) is 11.3. The van der Waals surface area contributed by atoms with Crippen molar-refractivity contribution < 1.29 is 19.1 Å². The number of carbonyl (C=O) groups is 2. The van der Waals surface area contributed by atoms with Crippen molar-refractivity contribution in [2.24, 2.45) is 7.05 Å². The molecule has 0 spiro atoms. The predicted octanol–water partition coefficient (Wildman–Crippen LogP) is 4.71. The number of rotatable bonds is 7. The van der Waals surface area contributed by atoms with Crippen LogP contribution in [0.25, 0.3) is 21.9 Å². The van der Waals surface area contributed by atoms with E-state index >= 15 is 0 Å². The molecule has 0 aliphatic heterocycles. The first-order valence-corrected chi connectivity index (χ1v) is 11.3. The van der Waals surface area contributed by atoms with Crippen molar-refractivity contribution in [3.8, 4) is 16.9 Å². The zero-order chi connectivity index (χ0) is 24.9. The van der Waals surface area contributed by atoms with E-state index < -0.39 is 18.5 Å². The molecule has 0 fully saturated rings. The van der Waals surface area contributed by atoms with Crippen molar-refractivity contribution in [3.05, 3.63) is 94.4 Å². The summed E-state index contributed by atoms with van der Waals surface area (Å²) >= 11 is 0. The summed E-state index contributed by atoms with van der Waals surface area (Å²) in [6.45, 7) is 3.91. The topological polar surface area (TPSA) is 86.6 Å². The fourth-order valence-corrected chi connectivity index (χ4v) is 3.91. The van der Waals surface area contributed by atoms with Gasteiger partial charge in [-0.3, -0.25) is 9.59 Å². The van der Waals surface area contributed by atoms with Gasteiger partial charge in [-0.15, -0.1) is 0 Å². The lowest BCUT2D eigenvalue weighted by atomic mass is 9.96. The molecule has 0 radical (unpaired) electrons. The predicted molar refractivity (Wildman–Crippen MR) is 136 cm³/mol. The summed E-state index contributed by atoms with van der Waals surface area (Å²) < 4.78 is 12.0. The Hall–Kier alpha value is -4.39. The van der Waals surface area contributed by atoms with Gasteiger partial charge in [-0.25, -0.2) is 4.79 Å². The van der Waals surface area contributed by atoms with Crippen molar-refractivity contribution in [1.82, 2.24) is 4.57 Å². The summed E-state index contributed by atoms with van der Waals surface area (Å²) in [5, 5.41) is 3.83. The fraction of sp³-hybridized carbons (Fsp3) is 0.179. The number of aryl methyl sites for hydroxylation is 1. The van der Waals surface area contributed by atoms with E-state index in [9.17, 15) is 14.4 Å². The second-order valence-electron chi connectivity index (χ2n) is 8.08. The molecule has 0 saturated heterocycles. The molecule has 1 heterocycles. The third kappa shape index (κ3) is 5.09. The van der Waals surface area contributed by atoms with E-state index in [-0.39, 0.29) is 11.3 Å². The summed E-state index contributed by atoms with van der Waals surface area (Å²) in [6.07, 6.45) is 0. The van der Waals surface area contributed by atoms with E-state index in [0.29, 0.717) is 34.4 Å². The maximum absolute atomic E-state index is 13.2. The fourth-order valence-electron chi connectivity index (χ4n) is 3.91. The van der Waals surface area contributed by atoms with Gasteiger partial charge in [-0.1, -0.05) is 48.0 Å². The summed E-state index contributed by atoms with van der Waals surface area (Å²) in [6, 6.07) is 21.7. The Morgan fingerprint density at radius 2 is 1.57 bits per heavy atom. The molecule has 1 N–H and O–H groups in total. The maximum Gasteiger partial charge on any atom is 0.356 e. The van der Waals surface area contributed by atoms with Gasteiger partial charge in [0.15, 0.2) is 6.61 Å². The zero-order valence-electron chi connectivity index (χ0n) is 19.8. The van der Waals surface area contributed by atoms with Crippen LogP contribution in [0.2, 0.25) is 0 Å².